The zero-order valence-electron chi connectivity index (χ0n) is 12.2. The van der Waals surface area contributed by atoms with E-state index in [1.807, 2.05) is 25.2 Å². The van der Waals surface area contributed by atoms with Crippen LogP contribution in [0.3, 0.4) is 0 Å². The maximum Gasteiger partial charge on any atom is 0.258 e. The molecule has 0 aliphatic rings. The van der Waals surface area contributed by atoms with Crippen LogP contribution >= 0.6 is 11.6 Å². The van der Waals surface area contributed by atoms with Gasteiger partial charge < -0.3 is 0 Å². The Morgan fingerprint density at radius 3 is 2.68 bits per heavy atom. The summed E-state index contributed by atoms with van der Waals surface area (Å²) >= 11 is 5.91. The van der Waals surface area contributed by atoms with Crippen LogP contribution < -0.4 is 5.56 Å². The van der Waals surface area contributed by atoms with Gasteiger partial charge in [-0.25, -0.2) is 4.98 Å². The quantitative estimate of drug-likeness (QED) is 0.743. The SMILES string of the molecule is CN(Cc1ccccc1)Cc1cc(=O)n2cc(Cl)ccc2n1. The Morgan fingerprint density at radius 1 is 1.14 bits per heavy atom. The van der Waals surface area contributed by atoms with Crippen molar-refractivity contribution in [1.29, 1.82) is 0 Å². The largest absolute Gasteiger partial charge is 0.296 e. The Labute approximate surface area is 133 Å². The van der Waals surface area contributed by atoms with E-state index in [1.165, 1.54) is 9.96 Å². The lowest BCUT2D eigenvalue weighted by atomic mass is 10.2. The Bertz CT molecular complexity index is 845. The van der Waals surface area contributed by atoms with E-state index in [9.17, 15) is 4.79 Å². The van der Waals surface area contributed by atoms with Crippen molar-refractivity contribution in [2.24, 2.45) is 0 Å². The summed E-state index contributed by atoms with van der Waals surface area (Å²) in [6.07, 6.45) is 1.59. The molecule has 3 rings (SSSR count). The summed E-state index contributed by atoms with van der Waals surface area (Å²) in [4.78, 5) is 18.8. The van der Waals surface area contributed by atoms with E-state index in [4.69, 9.17) is 11.6 Å². The standard InChI is InChI=1S/C17H16ClN3O/c1-20(10-13-5-3-2-4-6-13)12-15-9-17(22)21-11-14(18)7-8-16(21)19-15/h2-9,11H,10,12H2,1H3. The molecule has 0 fully saturated rings. The summed E-state index contributed by atoms with van der Waals surface area (Å²) in [5.74, 6) is 0. The molecule has 0 unspecified atom stereocenters. The molecule has 0 atom stereocenters. The highest BCUT2D eigenvalue weighted by molar-refractivity contribution is 6.30. The fraction of sp³-hybridized carbons (Fsp3) is 0.176. The van der Waals surface area contributed by atoms with Gasteiger partial charge in [-0.15, -0.1) is 0 Å². The van der Waals surface area contributed by atoms with Gasteiger partial charge in [0.05, 0.1) is 10.7 Å². The summed E-state index contributed by atoms with van der Waals surface area (Å²) < 4.78 is 1.46. The molecule has 0 spiro atoms. The number of fused-ring (bicyclic) bond motifs is 1. The molecule has 0 saturated heterocycles. The molecule has 112 valence electrons. The van der Waals surface area contributed by atoms with Gasteiger partial charge in [-0.05, 0) is 24.7 Å². The molecule has 2 heterocycles. The third-order valence-electron chi connectivity index (χ3n) is 3.40. The molecule has 0 bridgehead atoms. The number of nitrogens with zero attached hydrogens (tertiary/aromatic N) is 3. The second-order valence-corrected chi connectivity index (χ2v) is 5.76. The van der Waals surface area contributed by atoms with Gasteiger partial charge in [0.1, 0.15) is 5.65 Å². The minimum atomic E-state index is -0.115. The molecule has 0 aliphatic carbocycles. The molecule has 2 aromatic heterocycles. The molecule has 4 nitrogen and oxygen atoms in total. The summed E-state index contributed by atoms with van der Waals surface area (Å²) in [7, 11) is 2.01. The van der Waals surface area contributed by atoms with E-state index < -0.39 is 0 Å². The van der Waals surface area contributed by atoms with Crippen LogP contribution in [0.2, 0.25) is 5.02 Å². The first kappa shape index (κ1) is 14.8. The van der Waals surface area contributed by atoms with Crippen molar-refractivity contribution < 1.29 is 0 Å². The molecule has 5 heteroatoms. The first-order chi connectivity index (χ1) is 10.6. The van der Waals surface area contributed by atoms with Gasteiger partial charge in [-0.2, -0.15) is 0 Å². The maximum absolute atomic E-state index is 12.1. The second-order valence-electron chi connectivity index (χ2n) is 5.32. The van der Waals surface area contributed by atoms with E-state index in [1.54, 1.807) is 24.4 Å². The number of aromatic nitrogens is 2. The van der Waals surface area contributed by atoms with Crippen LogP contribution in [-0.4, -0.2) is 21.3 Å². The van der Waals surface area contributed by atoms with E-state index in [-0.39, 0.29) is 5.56 Å². The fourth-order valence-electron chi connectivity index (χ4n) is 2.43. The summed E-state index contributed by atoms with van der Waals surface area (Å²) in [6, 6.07) is 15.3. The number of halogens is 1. The van der Waals surface area contributed by atoms with Crippen molar-refractivity contribution in [2.75, 3.05) is 7.05 Å². The van der Waals surface area contributed by atoms with Gasteiger partial charge in [0.15, 0.2) is 0 Å². The van der Waals surface area contributed by atoms with Crippen LogP contribution in [0.5, 0.6) is 0 Å². The number of hydrogen-bond acceptors (Lipinski definition) is 3. The minimum Gasteiger partial charge on any atom is -0.296 e. The van der Waals surface area contributed by atoms with Crippen LogP contribution in [0.4, 0.5) is 0 Å². The van der Waals surface area contributed by atoms with Crippen molar-refractivity contribution in [3.8, 4) is 0 Å². The maximum atomic E-state index is 12.1. The highest BCUT2D eigenvalue weighted by atomic mass is 35.5. The van der Waals surface area contributed by atoms with Crippen LogP contribution in [0.1, 0.15) is 11.3 Å². The van der Waals surface area contributed by atoms with E-state index in [2.05, 4.69) is 22.0 Å². The predicted octanol–water partition coefficient (Wildman–Crippen LogP) is 2.98. The molecule has 0 N–H and O–H groups in total. The first-order valence-corrected chi connectivity index (χ1v) is 7.40. The van der Waals surface area contributed by atoms with Crippen molar-refractivity contribution in [1.82, 2.24) is 14.3 Å². The molecule has 0 amide bonds. The lowest BCUT2D eigenvalue weighted by Crippen LogP contribution is -2.21. The van der Waals surface area contributed by atoms with Crippen molar-refractivity contribution in [3.05, 3.63) is 81.4 Å². The average molecular weight is 314 g/mol. The molecule has 22 heavy (non-hydrogen) atoms. The monoisotopic (exact) mass is 313 g/mol. The smallest absolute Gasteiger partial charge is 0.258 e. The zero-order chi connectivity index (χ0) is 15.5. The summed E-state index contributed by atoms with van der Waals surface area (Å²) in [6.45, 7) is 1.42. The average Bonchev–Trinajstić information content (AvgIpc) is 2.49. The van der Waals surface area contributed by atoms with Gasteiger partial charge >= 0.3 is 0 Å². The second kappa shape index (κ2) is 6.30. The lowest BCUT2D eigenvalue weighted by molar-refractivity contribution is 0.315. The highest BCUT2D eigenvalue weighted by Crippen LogP contribution is 2.10. The van der Waals surface area contributed by atoms with Gasteiger partial charge in [0, 0.05) is 25.4 Å². The van der Waals surface area contributed by atoms with Crippen LogP contribution in [0.15, 0.2) is 59.5 Å². The molecule has 0 saturated carbocycles. The van der Waals surface area contributed by atoms with Crippen molar-refractivity contribution in [3.63, 3.8) is 0 Å². The summed E-state index contributed by atoms with van der Waals surface area (Å²) in [5, 5.41) is 0.519. The van der Waals surface area contributed by atoms with Gasteiger partial charge in [0.2, 0.25) is 0 Å². The molecule has 0 radical (unpaired) electrons. The molecular weight excluding hydrogens is 298 g/mol. The van der Waals surface area contributed by atoms with Crippen LogP contribution in [0.25, 0.3) is 5.65 Å². The van der Waals surface area contributed by atoms with Crippen molar-refractivity contribution in [2.45, 2.75) is 13.1 Å². The Hall–Kier alpha value is -2.17. The van der Waals surface area contributed by atoms with Gasteiger partial charge in [0.25, 0.3) is 5.56 Å². The topological polar surface area (TPSA) is 37.6 Å². The molecular formula is C17H16ClN3O. The lowest BCUT2D eigenvalue weighted by Gasteiger charge is -2.16. The fourth-order valence-corrected chi connectivity index (χ4v) is 2.60. The number of benzene rings is 1. The van der Waals surface area contributed by atoms with E-state index >= 15 is 0 Å². The number of pyridine rings is 1. The first-order valence-electron chi connectivity index (χ1n) is 7.02. The molecule has 0 aliphatic heterocycles. The van der Waals surface area contributed by atoms with Gasteiger partial charge in [-0.3, -0.25) is 14.1 Å². The van der Waals surface area contributed by atoms with Crippen molar-refractivity contribution >= 4 is 17.2 Å². The van der Waals surface area contributed by atoms with Crippen LogP contribution in [0, 0.1) is 0 Å². The zero-order valence-corrected chi connectivity index (χ0v) is 13.0. The third-order valence-corrected chi connectivity index (χ3v) is 3.63. The third kappa shape index (κ3) is 3.35. The normalized spacial score (nSPS) is 11.2. The Balaban J connectivity index is 1.82. The minimum absolute atomic E-state index is 0.115. The number of rotatable bonds is 4. The number of hydrogen-bond donors (Lipinski definition) is 0. The predicted molar refractivity (Wildman–Crippen MR) is 88.1 cm³/mol. The van der Waals surface area contributed by atoms with E-state index in [0.717, 1.165) is 12.2 Å². The van der Waals surface area contributed by atoms with E-state index in [0.29, 0.717) is 17.2 Å². The Morgan fingerprint density at radius 2 is 1.91 bits per heavy atom. The summed E-state index contributed by atoms with van der Waals surface area (Å²) in [5.41, 5.74) is 2.48. The molecule has 3 aromatic rings. The molecule has 1 aromatic carbocycles. The van der Waals surface area contributed by atoms with Gasteiger partial charge in [-0.1, -0.05) is 41.9 Å². The van der Waals surface area contributed by atoms with Crippen LogP contribution in [-0.2, 0) is 13.1 Å². The Kier molecular flexibility index (Phi) is 4.22. The highest BCUT2D eigenvalue weighted by Gasteiger charge is 2.06.